The van der Waals surface area contributed by atoms with Crippen molar-refractivity contribution in [1.82, 2.24) is 9.80 Å². The van der Waals surface area contributed by atoms with Gasteiger partial charge in [0.25, 0.3) is 0 Å². The predicted molar refractivity (Wildman–Crippen MR) is 100 cm³/mol. The van der Waals surface area contributed by atoms with Crippen molar-refractivity contribution >= 4 is 17.6 Å². The molecule has 1 aromatic rings. The molecule has 26 heavy (non-hydrogen) atoms. The summed E-state index contributed by atoms with van der Waals surface area (Å²) in [4.78, 5) is 40.3. The lowest BCUT2D eigenvalue weighted by molar-refractivity contribution is -0.139. The topological polar surface area (TPSA) is 57.7 Å². The van der Waals surface area contributed by atoms with Crippen LogP contribution in [0.5, 0.6) is 0 Å². The molecule has 0 unspecified atom stereocenters. The first-order chi connectivity index (χ1) is 12.5. The number of amides is 2. The van der Waals surface area contributed by atoms with Gasteiger partial charge in [-0.1, -0.05) is 12.1 Å². The Morgan fingerprint density at radius 2 is 1.73 bits per heavy atom. The Bertz CT molecular complexity index is 703. The summed E-state index contributed by atoms with van der Waals surface area (Å²) < 4.78 is 0. The van der Waals surface area contributed by atoms with E-state index in [9.17, 15) is 14.4 Å². The van der Waals surface area contributed by atoms with Gasteiger partial charge in [-0.05, 0) is 49.3 Å². The van der Waals surface area contributed by atoms with Crippen molar-refractivity contribution in [3.05, 3.63) is 34.9 Å². The van der Waals surface area contributed by atoms with Crippen LogP contribution < -0.4 is 0 Å². The molecule has 3 rings (SSSR count). The molecule has 0 aromatic heterocycles. The molecule has 2 aliphatic rings. The highest BCUT2D eigenvalue weighted by Gasteiger charge is 2.28. The van der Waals surface area contributed by atoms with Crippen LogP contribution in [-0.4, -0.2) is 54.6 Å². The van der Waals surface area contributed by atoms with Gasteiger partial charge in [0.05, 0.1) is 0 Å². The smallest absolute Gasteiger partial charge is 0.225 e. The lowest BCUT2D eigenvalue weighted by Crippen LogP contribution is -2.42. The number of hydrogen-bond acceptors (Lipinski definition) is 3. The maximum Gasteiger partial charge on any atom is 0.225 e. The van der Waals surface area contributed by atoms with Gasteiger partial charge in [-0.15, -0.1) is 0 Å². The van der Waals surface area contributed by atoms with Gasteiger partial charge in [-0.2, -0.15) is 0 Å². The van der Waals surface area contributed by atoms with Gasteiger partial charge < -0.3 is 9.80 Å². The molecule has 5 heteroatoms. The molecular formula is C21H28N2O3. The third-order valence-corrected chi connectivity index (χ3v) is 5.62. The predicted octanol–water partition coefficient (Wildman–Crippen LogP) is 2.46. The molecule has 1 aliphatic heterocycles. The van der Waals surface area contributed by atoms with E-state index in [1.165, 1.54) is 11.1 Å². The third kappa shape index (κ3) is 4.14. The normalized spacial score (nSPS) is 17.1. The third-order valence-electron chi connectivity index (χ3n) is 5.62. The largest absolute Gasteiger partial charge is 0.349 e. The van der Waals surface area contributed by atoms with Crippen LogP contribution in [0, 0.1) is 5.92 Å². The van der Waals surface area contributed by atoms with Crippen LogP contribution in [0.2, 0.25) is 0 Å². The molecule has 1 fully saturated rings. The average molecular weight is 356 g/mol. The van der Waals surface area contributed by atoms with Crippen LogP contribution in [0.15, 0.2) is 18.2 Å². The summed E-state index contributed by atoms with van der Waals surface area (Å²) in [5, 5.41) is 0. The summed E-state index contributed by atoms with van der Waals surface area (Å²) >= 11 is 0. The van der Waals surface area contributed by atoms with E-state index in [1.807, 2.05) is 12.1 Å². The standard InChI is InChI=1S/C21H28N2O3/c1-22(2)21(26)16-10-12-23(13-11-16)20(25)9-8-19(24)18-7-6-15-4-3-5-17(15)14-18/h6-7,14,16H,3-5,8-13H2,1-2H3. The summed E-state index contributed by atoms with van der Waals surface area (Å²) in [6.07, 6.45) is 5.25. The second kappa shape index (κ2) is 8.02. The number of hydrogen-bond donors (Lipinski definition) is 0. The van der Waals surface area contributed by atoms with E-state index >= 15 is 0 Å². The number of Topliss-reactive ketones (excluding diaryl/α,β-unsaturated/α-hetero) is 1. The van der Waals surface area contributed by atoms with Crippen LogP contribution in [0.25, 0.3) is 0 Å². The molecule has 1 aromatic carbocycles. The number of likely N-dealkylation sites (tertiary alicyclic amines) is 1. The average Bonchev–Trinajstić information content (AvgIpc) is 3.13. The van der Waals surface area contributed by atoms with Crippen LogP contribution in [-0.2, 0) is 22.4 Å². The summed E-state index contributed by atoms with van der Waals surface area (Å²) in [6, 6.07) is 5.97. The quantitative estimate of drug-likeness (QED) is 0.762. The maximum absolute atomic E-state index is 12.4. The van der Waals surface area contributed by atoms with Crippen molar-refractivity contribution in [3.63, 3.8) is 0 Å². The van der Waals surface area contributed by atoms with E-state index in [0.717, 1.165) is 24.8 Å². The number of benzene rings is 1. The first kappa shape index (κ1) is 18.6. The number of nitrogens with zero attached hydrogens (tertiary/aromatic N) is 2. The Hall–Kier alpha value is -2.17. The molecule has 0 radical (unpaired) electrons. The number of rotatable bonds is 5. The Kier molecular flexibility index (Phi) is 5.74. The fraction of sp³-hybridized carbons (Fsp3) is 0.571. The highest BCUT2D eigenvalue weighted by molar-refractivity contribution is 5.98. The minimum Gasteiger partial charge on any atom is -0.349 e. The molecular weight excluding hydrogens is 328 g/mol. The minimum absolute atomic E-state index is 0.0158. The van der Waals surface area contributed by atoms with E-state index in [4.69, 9.17) is 0 Å². The number of ketones is 1. The number of fused-ring (bicyclic) bond motifs is 1. The van der Waals surface area contributed by atoms with E-state index in [2.05, 4.69) is 6.07 Å². The SMILES string of the molecule is CN(C)C(=O)C1CCN(C(=O)CCC(=O)c2ccc3c(c2)CCC3)CC1. The van der Waals surface area contributed by atoms with Crippen LogP contribution >= 0.6 is 0 Å². The van der Waals surface area contributed by atoms with Crippen LogP contribution in [0.3, 0.4) is 0 Å². The van der Waals surface area contributed by atoms with E-state index < -0.39 is 0 Å². The number of carbonyl (C=O) groups is 3. The van der Waals surface area contributed by atoms with E-state index in [-0.39, 0.29) is 36.4 Å². The van der Waals surface area contributed by atoms with E-state index in [1.54, 1.807) is 23.9 Å². The van der Waals surface area contributed by atoms with Crippen molar-refractivity contribution in [2.45, 2.75) is 44.9 Å². The van der Waals surface area contributed by atoms with Crippen molar-refractivity contribution in [2.24, 2.45) is 5.92 Å². The summed E-state index contributed by atoms with van der Waals surface area (Å²) in [6.45, 7) is 1.21. The van der Waals surface area contributed by atoms with E-state index in [0.29, 0.717) is 25.9 Å². The van der Waals surface area contributed by atoms with Crippen molar-refractivity contribution < 1.29 is 14.4 Å². The fourth-order valence-corrected chi connectivity index (χ4v) is 4.01. The molecule has 0 saturated carbocycles. The van der Waals surface area contributed by atoms with Gasteiger partial charge in [0.1, 0.15) is 0 Å². The van der Waals surface area contributed by atoms with Crippen LogP contribution in [0.4, 0.5) is 0 Å². The zero-order chi connectivity index (χ0) is 18.7. The molecule has 140 valence electrons. The van der Waals surface area contributed by atoms with Gasteiger partial charge in [-0.3, -0.25) is 14.4 Å². The second-order valence-corrected chi connectivity index (χ2v) is 7.65. The molecule has 1 heterocycles. The van der Waals surface area contributed by atoms with Crippen LogP contribution in [0.1, 0.15) is 53.6 Å². The lowest BCUT2D eigenvalue weighted by atomic mass is 9.95. The summed E-state index contributed by atoms with van der Waals surface area (Å²) in [5.41, 5.74) is 3.37. The summed E-state index contributed by atoms with van der Waals surface area (Å²) in [5.74, 6) is 0.229. The van der Waals surface area contributed by atoms with Gasteiger partial charge in [0, 0.05) is 51.5 Å². The molecule has 0 atom stereocenters. The highest BCUT2D eigenvalue weighted by atomic mass is 16.2. The monoisotopic (exact) mass is 356 g/mol. The molecule has 2 amide bonds. The first-order valence-corrected chi connectivity index (χ1v) is 9.59. The fourth-order valence-electron chi connectivity index (χ4n) is 4.01. The molecule has 1 aliphatic carbocycles. The Labute approximate surface area is 155 Å². The molecule has 0 bridgehead atoms. The van der Waals surface area contributed by atoms with Crippen molar-refractivity contribution in [3.8, 4) is 0 Å². The van der Waals surface area contributed by atoms with Crippen molar-refractivity contribution in [1.29, 1.82) is 0 Å². The summed E-state index contributed by atoms with van der Waals surface area (Å²) in [7, 11) is 3.54. The maximum atomic E-state index is 12.4. The highest BCUT2D eigenvalue weighted by Crippen LogP contribution is 2.24. The molecule has 0 spiro atoms. The minimum atomic E-state index is 0.0158. The molecule has 1 saturated heterocycles. The Balaban J connectivity index is 1.47. The zero-order valence-corrected chi connectivity index (χ0v) is 15.8. The molecule has 5 nitrogen and oxygen atoms in total. The van der Waals surface area contributed by atoms with Crippen molar-refractivity contribution in [2.75, 3.05) is 27.2 Å². The van der Waals surface area contributed by atoms with Gasteiger partial charge in [0.2, 0.25) is 11.8 Å². The number of carbonyl (C=O) groups excluding carboxylic acids is 3. The van der Waals surface area contributed by atoms with Gasteiger partial charge >= 0.3 is 0 Å². The zero-order valence-electron chi connectivity index (χ0n) is 15.8. The number of piperidine rings is 1. The van der Waals surface area contributed by atoms with Gasteiger partial charge in [-0.25, -0.2) is 0 Å². The Morgan fingerprint density at radius 1 is 1.04 bits per heavy atom. The first-order valence-electron chi connectivity index (χ1n) is 9.59. The lowest BCUT2D eigenvalue weighted by Gasteiger charge is -2.32. The number of aryl methyl sites for hydroxylation is 2. The van der Waals surface area contributed by atoms with Gasteiger partial charge in [0.15, 0.2) is 5.78 Å². The molecule has 0 N–H and O–H groups in total. The second-order valence-electron chi connectivity index (χ2n) is 7.65. The Morgan fingerprint density at radius 3 is 2.42 bits per heavy atom.